The third-order valence-corrected chi connectivity index (χ3v) is 5.60. The quantitative estimate of drug-likeness (QED) is 0.381. The highest BCUT2D eigenvalue weighted by Gasteiger charge is 2.28. The maximum Gasteiger partial charge on any atom is 0.319 e. The van der Waals surface area contributed by atoms with Crippen molar-refractivity contribution in [3.63, 3.8) is 0 Å². The second-order valence-corrected chi connectivity index (χ2v) is 8.08. The highest BCUT2D eigenvalue weighted by atomic mass is 19.1. The molecule has 0 bridgehead atoms. The van der Waals surface area contributed by atoms with E-state index in [4.69, 9.17) is 25.8 Å². The number of hydrogen-bond acceptors (Lipinski definition) is 10. The second-order valence-electron chi connectivity index (χ2n) is 8.08. The second kappa shape index (κ2) is 10.6. The molecule has 1 fully saturated rings. The largest absolute Gasteiger partial charge is 0.461 e. The number of hydrogen-bond donors (Lipinski definition) is 2. The van der Waals surface area contributed by atoms with Crippen molar-refractivity contribution in [2.24, 2.45) is 16.6 Å². The molecular weight excluding hydrogens is 461 g/mol. The summed E-state index contributed by atoms with van der Waals surface area (Å²) in [6.45, 7) is 0.348. The number of amides is 1. The number of benzene rings is 1. The van der Waals surface area contributed by atoms with Gasteiger partial charge in [-0.05, 0) is 24.3 Å². The van der Waals surface area contributed by atoms with Gasteiger partial charge < -0.3 is 30.7 Å². The summed E-state index contributed by atoms with van der Waals surface area (Å²) in [7, 11) is 0. The lowest BCUT2D eigenvalue weighted by atomic mass is 10.0. The van der Waals surface area contributed by atoms with E-state index in [1.54, 1.807) is 35.4 Å². The Morgan fingerprint density at radius 2 is 2.03 bits per heavy atom. The molecule has 1 unspecified atom stereocenters. The lowest BCUT2D eigenvalue weighted by Crippen LogP contribution is -2.29. The van der Waals surface area contributed by atoms with Crippen LogP contribution in [0, 0.1) is 5.82 Å². The molecule has 2 aromatic rings. The zero-order chi connectivity index (χ0) is 24.9. The first kappa shape index (κ1) is 24.2. The number of nitrogens with two attached hydrogens (primary N) is 2. The molecular formula is C23H24FN5O6. The van der Waals surface area contributed by atoms with Gasteiger partial charge in [0, 0.05) is 42.4 Å². The monoisotopic (exact) mass is 485 g/mol. The molecule has 2 aliphatic heterocycles. The van der Waals surface area contributed by atoms with Gasteiger partial charge in [-0.25, -0.2) is 4.39 Å². The number of esters is 1. The van der Waals surface area contributed by atoms with Gasteiger partial charge in [-0.2, -0.15) is 0 Å². The van der Waals surface area contributed by atoms with Crippen molar-refractivity contribution >= 4 is 29.1 Å². The highest BCUT2D eigenvalue weighted by molar-refractivity contribution is 6.35. The number of aromatic nitrogens is 1. The third-order valence-electron chi connectivity index (χ3n) is 5.60. The first-order chi connectivity index (χ1) is 16.8. The summed E-state index contributed by atoms with van der Waals surface area (Å²) in [5.74, 6) is -2.66. The molecule has 0 radical (unpaired) electrons. The molecule has 12 heteroatoms. The maximum absolute atomic E-state index is 14.9. The van der Waals surface area contributed by atoms with Gasteiger partial charge in [0.05, 0.1) is 18.3 Å². The van der Waals surface area contributed by atoms with Crippen LogP contribution in [0.4, 0.5) is 10.1 Å². The van der Waals surface area contributed by atoms with Crippen LogP contribution < -0.4 is 16.4 Å². The Kier molecular flexibility index (Phi) is 7.32. The van der Waals surface area contributed by atoms with Crippen LogP contribution in [0.5, 0.6) is 0 Å². The SMILES string of the molecule is NCC(=O)OCC1CC(c2ccc(-c3ccc(N4CO[C@@H](CC(=O)C(N)=O)C4)cc3F)cn2)=NO1. The summed E-state index contributed by atoms with van der Waals surface area (Å²) in [5, 5.41) is 3.99. The van der Waals surface area contributed by atoms with Crippen molar-refractivity contribution < 1.29 is 33.1 Å². The van der Waals surface area contributed by atoms with Crippen molar-refractivity contribution in [1.29, 1.82) is 0 Å². The number of anilines is 1. The predicted octanol–water partition coefficient (Wildman–Crippen LogP) is 0.490. The van der Waals surface area contributed by atoms with Crippen molar-refractivity contribution in [3.8, 4) is 11.1 Å². The van der Waals surface area contributed by atoms with Crippen molar-refractivity contribution in [2.75, 3.05) is 31.3 Å². The fraction of sp³-hybridized carbons (Fsp3) is 0.348. The zero-order valence-corrected chi connectivity index (χ0v) is 18.7. The van der Waals surface area contributed by atoms with Crippen LogP contribution in [0.2, 0.25) is 0 Å². The Morgan fingerprint density at radius 1 is 1.20 bits per heavy atom. The van der Waals surface area contributed by atoms with Gasteiger partial charge in [-0.3, -0.25) is 19.4 Å². The third kappa shape index (κ3) is 5.78. The first-order valence-electron chi connectivity index (χ1n) is 10.9. The average Bonchev–Trinajstić information content (AvgIpc) is 3.52. The summed E-state index contributed by atoms with van der Waals surface area (Å²) in [5.41, 5.74) is 12.9. The minimum absolute atomic E-state index is 0.0446. The number of oxime groups is 1. The fourth-order valence-electron chi connectivity index (χ4n) is 3.73. The van der Waals surface area contributed by atoms with Crippen molar-refractivity contribution in [3.05, 3.63) is 48.0 Å². The van der Waals surface area contributed by atoms with E-state index in [2.05, 4.69) is 10.1 Å². The maximum atomic E-state index is 14.9. The number of carbonyl (C=O) groups excluding carboxylic acids is 3. The van der Waals surface area contributed by atoms with Crippen LogP contribution >= 0.6 is 0 Å². The molecule has 0 spiro atoms. The molecule has 0 aliphatic carbocycles. The average molecular weight is 485 g/mol. The minimum Gasteiger partial charge on any atom is -0.461 e. The molecule has 1 aromatic heterocycles. The summed E-state index contributed by atoms with van der Waals surface area (Å²) in [6, 6.07) is 8.22. The fourth-order valence-corrected chi connectivity index (χ4v) is 3.73. The minimum atomic E-state index is -0.998. The Hall–Kier alpha value is -3.90. The van der Waals surface area contributed by atoms with Gasteiger partial charge in [-0.1, -0.05) is 11.2 Å². The molecule has 184 valence electrons. The molecule has 3 heterocycles. The standard InChI is InChI=1S/C23H24FN5O6/c24-18-5-14(29-10-15(34-12-29)7-21(30)23(26)32)2-3-17(18)13-1-4-19(27-9-13)20-6-16(35-28-20)11-33-22(31)8-25/h1-5,9,15-16H,6-8,10-12,25H2,(H2,26,32)/t15-,16?/m0/s1. The highest BCUT2D eigenvalue weighted by Crippen LogP contribution is 2.29. The smallest absolute Gasteiger partial charge is 0.319 e. The number of Topliss-reactive ketones (excluding diaryl/α,β-unsaturated/α-hetero) is 1. The van der Waals surface area contributed by atoms with Gasteiger partial charge in [0.15, 0.2) is 6.10 Å². The predicted molar refractivity (Wildman–Crippen MR) is 122 cm³/mol. The molecule has 2 atom stereocenters. The van der Waals surface area contributed by atoms with E-state index < -0.39 is 35.7 Å². The van der Waals surface area contributed by atoms with Gasteiger partial charge in [-0.15, -0.1) is 0 Å². The van der Waals surface area contributed by atoms with Crippen LogP contribution in [0.1, 0.15) is 18.5 Å². The Bertz CT molecular complexity index is 1160. The van der Waals surface area contributed by atoms with Crippen LogP contribution in [-0.2, 0) is 28.7 Å². The number of ether oxygens (including phenoxy) is 2. The van der Waals surface area contributed by atoms with Crippen LogP contribution in [0.15, 0.2) is 41.7 Å². The summed E-state index contributed by atoms with van der Waals surface area (Å²) >= 11 is 0. The Balaban J connectivity index is 1.37. The summed E-state index contributed by atoms with van der Waals surface area (Å²) < 4.78 is 25.4. The number of nitrogens with zero attached hydrogens (tertiary/aromatic N) is 3. The molecule has 1 amide bonds. The zero-order valence-electron chi connectivity index (χ0n) is 18.7. The Labute approximate surface area is 199 Å². The first-order valence-corrected chi connectivity index (χ1v) is 10.9. The molecule has 2 aliphatic rings. The molecule has 35 heavy (non-hydrogen) atoms. The van der Waals surface area contributed by atoms with E-state index in [0.717, 1.165) is 0 Å². The molecule has 1 saturated heterocycles. The lowest BCUT2D eigenvalue weighted by molar-refractivity contribution is -0.145. The van der Waals surface area contributed by atoms with E-state index >= 15 is 0 Å². The van der Waals surface area contributed by atoms with Gasteiger partial charge in [0.1, 0.15) is 24.9 Å². The van der Waals surface area contributed by atoms with E-state index in [0.29, 0.717) is 41.2 Å². The van der Waals surface area contributed by atoms with Crippen LogP contribution in [0.25, 0.3) is 11.1 Å². The van der Waals surface area contributed by atoms with Crippen LogP contribution in [0.3, 0.4) is 0 Å². The van der Waals surface area contributed by atoms with Gasteiger partial charge in [0.2, 0.25) is 5.78 Å². The van der Waals surface area contributed by atoms with Crippen LogP contribution in [-0.4, -0.2) is 67.0 Å². The van der Waals surface area contributed by atoms with E-state index in [1.807, 2.05) is 0 Å². The van der Waals surface area contributed by atoms with Crippen molar-refractivity contribution in [2.45, 2.75) is 25.0 Å². The molecule has 11 nitrogen and oxygen atoms in total. The number of primary amides is 1. The van der Waals surface area contributed by atoms with E-state index in [-0.39, 0.29) is 26.3 Å². The summed E-state index contributed by atoms with van der Waals surface area (Å²) in [6.07, 6.45) is 0.957. The molecule has 4 rings (SSSR count). The van der Waals surface area contributed by atoms with Gasteiger partial charge in [0.25, 0.3) is 5.91 Å². The number of pyridine rings is 1. The van der Waals surface area contributed by atoms with E-state index in [1.165, 1.54) is 6.07 Å². The topological polar surface area (TPSA) is 159 Å². The van der Waals surface area contributed by atoms with E-state index in [9.17, 15) is 18.8 Å². The van der Waals surface area contributed by atoms with Gasteiger partial charge >= 0.3 is 5.97 Å². The molecule has 4 N–H and O–H groups in total. The number of rotatable bonds is 9. The number of carbonyl (C=O) groups is 3. The normalized spacial score (nSPS) is 19.3. The number of ketones is 1. The van der Waals surface area contributed by atoms with Crippen molar-refractivity contribution in [1.82, 2.24) is 4.98 Å². The number of halogens is 1. The molecule has 0 saturated carbocycles. The molecule has 1 aromatic carbocycles. The Morgan fingerprint density at radius 3 is 2.71 bits per heavy atom. The lowest BCUT2D eigenvalue weighted by Gasteiger charge is -2.17. The summed E-state index contributed by atoms with van der Waals surface area (Å²) in [4.78, 5) is 45.0.